The molecule has 1 aromatic carbocycles. The van der Waals surface area contributed by atoms with Gasteiger partial charge in [0, 0.05) is 32.2 Å². The van der Waals surface area contributed by atoms with Crippen LogP contribution in [-0.2, 0) is 17.4 Å². The summed E-state index contributed by atoms with van der Waals surface area (Å²) in [6.45, 7) is 9.35. The van der Waals surface area contributed by atoms with Gasteiger partial charge in [-0.05, 0) is 44.0 Å². The first-order valence-corrected chi connectivity index (χ1v) is 13.8. The number of rotatable bonds is 8. The Bertz CT molecular complexity index is 760. The minimum absolute atomic E-state index is 0.000976. The summed E-state index contributed by atoms with van der Waals surface area (Å²) < 4.78 is 37.1. The lowest BCUT2D eigenvalue weighted by molar-refractivity contribution is -0.00824. The van der Waals surface area contributed by atoms with Crippen LogP contribution < -0.4 is 0 Å². The number of halogens is 4. The molecule has 0 fully saturated rings. The number of benzene rings is 1. The standard InChI is InChI=1S/C18H24Br2F2N2OSi/c1-5-18(21,22)14-8-6-7-13(11-14)17-23-15(19)16(20)24(17)12-25-9-10-26(2,3)4/h6-8,11H,5,9-10,12H2,1-4H3. The molecule has 0 unspecified atom stereocenters. The number of nitrogens with zero attached hydrogens (tertiary/aromatic N) is 2. The van der Waals surface area contributed by atoms with Crippen LogP contribution in [0.5, 0.6) is 0 Å². The molecule has 0 aliphatic carbocycles. The van der Waals surface area contributed by atoms with Crippen LogP contribution in [0.3, 0.4) is 0 Å². The smallest absolute Gasteiger partial charge is 0.273 e. The Kier molecular flexibility index (Phi) is 7.21. The minimum atomic E-state index is -2.85. The molecule has 0 radical (unpaired) electrons. The van der Waals surface area contributed by atoms with E-state index in [-0.39, 0.29) is 12.0 Å². The van der Waals surface area contributed by atoms with Gasteiger partial charge in [-0.2, -0.15) is 0 Å². The van der Waals surface area contributed by atoms with Gasteiger partial charge in [0.05, 0.1) is 0 Å². The van der Waals surface area contributed by atoms with E-state index in [9.17, 15) is 8.78 Å². The third kappa shape index (κ3) is 5.47. The quantitative estimate of drug-likeness (QED) is 0.286. The van der Waals surface area contributed by atoms with Gasteiger partial charge in [0.25, 0.3) is 5.92 Å². The van der Waals surface area contributed by atoms with Crippen LogP contribution in [-0.4, -0.2) is 24.2 Å². The molecule has 26 heavy (non-hydrogen) atoms. The topological polar surface area (TPSA) is 27.1 Å². The third-order valence-corrected chi connectivity index (χ3v) is 7.66. The van der Waals surface area contributed by atoms with Crippen molar-refractivity contribution in [3.8, 4) is 11.4 Å². The molecule has 0 atom stereocenters. The SMILES string of the molecule is CCC(F)(F)c1cccc(-c2nc(Br)c(Br)n2COCC[Si](C)(C)C)c1. The maximum absolute atomic E-state index is 14.1. The van der Waals surface area contributed by atoms with Crippen molar-refractivity contribution in [2.45, 2.75) is 51.7 Å². The molecule has 0 amide bonds. The normalized spacial score (nSPS) is 12.6. The first-order chi connectivity index (χ1) is 12.0. The second-order valence-electron chi connectivity index (χ2n) is 7.43. The highest BCUT2D eigenvalue weighted by Gasteiger charge is 2.29. The predicted molar refractivity (Wildman–Crippen MR) is 111 cm³/mol. The minimum Gasteiger partial charge on any atom is -0.361 e. The first kappa shape index (κ1) is 21.7. The molecule has 2 rings (SSSR count). The van der Waals surface area contributed by atoms with E-state index in [0.29, 0.717) is 29.3 Å². The van der Waals surface area contributed by atoms with Crippen molar-refractivity contribution in [2.24, 2.45) is 0 Å². The van der Waals surface area contributed by atoms with E-state index in [0.717, 1.165) is 10.6 Å². The van der Waals surface area contributed by atoms with Crippen molar-refractivity contribution >= 4 is 39.9 Å². The number of ether oxygens (including phenoxy) is 1. The Morgan fingerprint density at radius 1 is 1.23 bits per heavy atom. The molecule has 0 saturated carbocycles. The van der Waals surface area contributed by atoms with Crippen LogP contribution in [0, 0.1) is 0 Å². The number of hydrogen-bond donors (Lipinski definition) is 0. The van der Waals surface area contributed by atoms with E-state index in [1.807, 2.05) is 4.57 Å². The zero-order chi connectivity index (χ0) is 19.5. The molecule has 0 N–H and O–H groups in total. The second kappa shape index (κ2) is 8.62. The summed E-state index contributed by atoms with van der Waals surface area (Å²) in [6.07, 6.45) is -0.238. The largest absolute Gasteiger partial charge is 0.361 e. The van der Waals surface area contributed by atoms with E-state index < -0.39 is 14.0 Å². The van der Waals surface area contributed by atoms with Crippen molar-refractivity contribution in [3.63, 3.8) is 0 Å². The molecule has 0 spiro atoms. The molecule has 0 bridgehead atoms. The number of aromatic nitrogens is 2. The molecule has 0 aliphatic rings. The van der Waals surface area contributed by atoms with E-state index in [4.69, 9.17) is 4.74 Å². The molecular formula is C18H24Br2F2N2OSi. The van der Waals surface area contributed by atoms with E-state index in [1.54, 1.807) is 12.1 Å². The van der Waals surface area contributed by atoms with Crippen molar-refractivity contribution in [2.75, 3.05) is 6.61 Å². The fourth-order valence-electron chi connectivity index (χ4n) is 2.37. The average molecular weight is 510 g/mol. The fourth-order valence-corrected chi connectivity index (χ4v) is 3.86. The fraction of sp³-hybridized carbons (Fsp3) is 0.500. The molecule has 1 heterocycles. The highest BCUT2D eigenvalue weighted by molar-refractivity contribution is 9.13. The summed E-state index contributed by atoms with van der Waals surface area (Å²) in [5, 5.41) is 0. The van der Waals surface area contributed by atoms with E-state index in [1.165, 1.54) is 19.1 Å². The van der Waals surface area contributed by atoms with E-state index >= 15 is 0 Å². The Balaban J connectivity index is 2.28. The molecule has 1 aromatic heterocycles. The molecule has 8 heteroatoms. The monoisotopic (exact) mass is 508 g/mol. The lowest BCUT2D eigenvalue weighted by Gasteiger charge is -2.17. The van der Waals surface area contributed by atoms with Crippen LogP contribution in [0.4, 0.5) is 8.78 Å². The molecule has 2 aromatic rings. The highest BCUT2D eigenvalue weighted by Crippen LogP contribution is 2.35. The summed E-state index contributed by atoms with van der Waals surface area (Å²) >= 11 is 6.90. The molecule has 0 saturated heterocycles. The van der Waals surface area contributed by atoms with Crippen molar-refractivity contribution < 1.29 is 13.5 Å². The Morgan fingerprint density at radius 2 is 1.92 bits per heavy atom. The van der Waals surface area contributed by atoms with Crippen LogP contribution in [0.25, 0.3) is 11.4 Å². The summed E-state index contributed by atoms with van der Waals surface area (Å²) in [7, 11) is -1.17. The number of imidazole rings is 1. The zero-order valence-corrected chi connectivity index (χ0v) is 19.6. The summed E-state index contributed by atoms with van der Waals surface area (Å²) in [5.41, 5.74) is 0.634. The number of alkyl halides is 2. The second-order valence-corrected chi connectivity index (χ2v) is 14.6. The summed E-state index contributed by atoms with van der Waals surface area (Å²) in [5.74, 6) is -2.26. The van der Waals surface area contributed by atoms with Gasteiger partial charge in [0.2, 0.25) is 0 Å². The molecule has 0 aliphatic heterocycles. The van der Waals surface area contributed by atoms with Crippen LogP contribution in [0.1, 0.15) is 18.9 Å². The molecule has 144 valence electrons. The molecule has 3 nitrogen and oxygen atoms in total. The van der Waals surface area contributed by atoms with Gasteiger partial charge in [-0.1, -0.05) is 44.8 Å². The lowest BCUT2D eigenvalue weighted by Crippen LogP contribution is -2.22. The highest BCUT2D eigenvalue weighted by atomic mass is 79.9. The lowest BCUT2D eigenvalue weighted by atomic mass is 10.0. The van der Waals surface area contributed by atoms with E-state index in [2.05, 4.69) is 56.5 Å². The average Bonchev–Trinajstić information content (AvgIpc) is 2.86. The zero-order valence-electron chi connectivity index (χ0n) is 15.5. The van der Waals surface area contributed by atoms with Gasteiger partial charge in [-0.25, -0.2) is 13.8 Å². The van der Waals surface area contributed by atoms with Crippen LogP contribution in [0.2, 0.25) is 25.7 Å². The Morgan fingerprint density at radius 3 is 2.54 bits per heavy atom. The molecular weight excluding hydrogens is 486 g/mol. The maximum atomic E-state index is 14.1. The van der Waals surface area contributed by atoms with Crippen LogP contribution in [0.15, 0.2) is 33.5 Å². The van der Waals surface area contributed by atoms with Gasteiger partial charge < -0.3 is 4.74 Å². The van der Waals surface area contributed by atoms with Crippen molar-refractivity contribution in [3.05, 3.63) is 39.0 Å². The van der Waals surface area contributed by atoms with Crippen molar-refractivity contribution in [1.82, 2.24) is 9.55 Å². The van der Waals surface area contributed by atoms with Gasteiger partial charge in [0.15, 0.2) is 0 Å². The van der Waals surface area contributed by atoms with Gasteiger partial charge in [0.1, 0.15) is 21.8 Å². The van der Waals surface area contributed by atoms with Crippen LogP contribution >= 0.6 is 31.9 Å². The Hall–Kier alpha value is -0.573. The van der Waals surface area contributed by atoms with Gasteiger partial charge >= 0.3 is 0 Å². The van der Waals surface area contributed by atoms with Gasteiger partial charge in [-0.15, -0.1) is 0 Å². The predicted octanol–water partition coefficient (Wildman–Crippen LogP) is 6.89. The summed E-state index contributed by atoms with van der Waals surface area (Å²) in [6, 6.07) is 7.45. The summed E-state index contributed by atoms with van der Waals surface area (Å²) in [4.78, 5) is 4.47. The maximum Gasteiger partial charge on any atom is 0.273 e. The first-order valence-electron chi connectivity index (χ1n) is 8.53. The Labute approximate surface area is 171 Å². The third-order valence-electron chi connectivity index (χ3n) is 4.07. The van der Waals surface area contributed by atoms with Crippen molar-refractivity contribution in [1.29, 1.82) is 0 Å². The number of hydrogen-bond acceptors (Lipinski definition) is 2. The van der Waals surface area contributed by atoms with Gasteiger partial charge in [-0.3, -0.25) is 4.57 Å².